The maximum Gasteiger partial charge on any atom is 0.420 e. The fourth-order valence-electron chi connectivity index (χ4n) is 2.80. The molecule has 4 rings (SSSR count). The fourth-order valence-corrected chi connectivity index (χ4v) is 3.28. The fraction of sp³-hybridized carbons (Fsp3) is 0.100. The first-order valence-electron chi connectivity index (χ1n) is 8.30. The van der Waals surface area contributed by atoms with E-state index < -0.39 is 23.5 Å². The lowest BCUT2D eigenvalue weighted by molar-refractivity contribution is -0.138. The van der Waals surface area contributed by atoms with Crippen LogP contribution in [0, 0.1) is 11.8 Å². The molecule has 0 aliphatic rings. The summed E-state index contributed by atoms with van der Waals surface area (Å²) in [5.41, 5.74) is -1.77. The topological polar surface area (TPSA) is 30.2 Å². The van der Waals surface area contributed by atoms with E-state index >= 15 is 0 Å². The van der Waals surface area contributed by atoms with Crippen molar-refractivity contribution < 1.29 is 26.3 Å². The van der Waals surface area contributed by atoms with Crippen molar-refractivity contribution in [1.82, 2.24) is 14.4 Å². The molecule has 30 heavy (non-hydrogen) atoms. The standard InChI is InChI=1S/C20H9F6N3S/c21-19(22,23)14-3-1-12(2-4-14)13-9-16(20(24,25)26)18-28-10-15(29(18)11-13)5-6-17-27-7-8-30-17/h1-4,7-11H. The summed E-state index contributed by atoms with van der Waals surface area (Å²) in [5.74, 6) is 5.49. The molecule has 0 saturated carbocycles. The molecule has 152 valence electrons. The predicted octanol–water partition coefficient (Wildman–Crippen LogP) is 5.90. The Labute approximate surface area is 169 Å². The van der Waals surface area contributed by atoms with Gasteiger partial charge in [-0.15, -0.1) is 11.3 Å². The zero-order chi connectivity index (χ0) is 21.5. The van der Waals surface area contributed by atoms with Gasteiger partial charge in [0.25, 0.3) is 0 Å². The highest BCUT2D eigenvalue weighted by Gasteiger charge is 2.35. The Balaban J connectivity index is 1.87. The predicted molar refractivity (Wildman–Crippen MR) is 98.7 cm³/mol. The first kappa shape index (κ1) is 20.0. The molecule has 10 heteroatoms. The molecule has 0 aliphatic heterocycles. The lowest BCUT2D eigenvalue weighted by Crippen LogP contribution is -2.09. The maximum atomic E-state index is 13.6. The van der Waals surface area contributed by atoms with E-state index in [1.54, 1.807) is 11.6 Å². The van der Waals surface area contributed by atoms with Gasteiger partial charge in [-0.2, -0.15) is 26.3 Å². The number of rotatable bonds is 1. The highest BCUT2D eigenvalue weighted by Crippen LogP contribution is 2.36. The van der Waals surface area contributed by atoms with Crippen molar-refractivity contribution in [2.75, 3.05) is 0 Å². The smallest absolute Gasteiger partial charge is 0.292 e. The van der Waals surface area contributed by atoms with Gasteiger partial charge in [0.15, 0.2) is 5.01 Å². The van der Waals surface area contributed by atoms with E-state index in [1.165, 1.54) is 28.1 Å². The molecule has 0 spiro atoms. The minimum Gasteiger partial charge on any atom is -0.292 e. The van der Waals surface area contributed by atoms with Crippen LogP contribution >= 0.6 is 11.3 Å². The summed E-state index contributed by atoms with van der Waals surface area (Å²) in [4.78, 5) is 7.83. The van der Waals surface area contributed by atoms with Crippen molar-refractivity contribution in [3.63, 3.8) is 0 Å². The third-order valence-corrected chi connectivity index (χ3v) is 4.88. The Bertz CT molecular complexity index is 1260. The van der Waals surface area contributed by atoms with Gasteiger partial charge in [-0.1, -0.05) is 12.1 Å². The van der Waals surface area contributed by atoms with Gasteiger partial charge in [0, 0.05) is 17.8 Å². The van der Waals surface area contributed by atoms with Crippen molar-refractivity contribution in [3.8, 4) is 23.0 Å². The summed E-state index contributed by atoms with van der Waals surface area (Å²) < 4.78 is 80.3. The van der Waals surface area contributed by atoms with Gasteiger partial charge in [0.2, 0.25) is 0 Å². The van der Waals surface area contributed by atoms with Crippen LogP contribution in [-0.4, -0.2) is 14.4 Å². The third kappa shape index (κ3) is 3.89. The SMILES string of the molecule is FC(F)(F)c1ccc(-c2cc(C(F)(F)F)c3ncc(C#Cc4nccs4)n3c2)cc1. The second kappa shape index (κ2) is 7.18. The molecule has 3 heterocycles. The minimum atomic E-state index is -4.71. The van der Waals surface area contributed by atoms with Crippen LogP contribution in [0.3, 0.4) is 0 Å². The molecule has 3 nitrogen and oxygen atoms in total. The van der Waals surface area contributed by atoms with Crippen LogP contribution in [-0.2, 0) is 12.4 Å². The van der Waals surface area contributed by atoms with E-state index in [9.17, 15) is 26.3 Å². The number of benzene rings is 1. The first-order chi connectivity index (χ1) is 14.1. The quantitative estimate of drug-likeness (QED) is 0.274. The van der Waals surface area contributed by atoms with Crippen LogP contribution in [0.15, 0.2) is 54.3 Å². The second-order valence-electron chi connectivity index (χ2n) is 6.14. The van der Waals surface area contributed by atoms with E-state index in [0.717, 1.165) is 30.3 Å². The summed E-state index contributed by atoms with van der Waals surface area (Å²) >= 11 is 1.27. The molecule has 0 amide bonds. The van der Waals surface area contributed by atoms with Gasteiger partial charge in [-0.25, -0.2) is 9.97 Å². The van der Waals surface area contributed by atoms with E-state index in [2.05, 4.69) is 21.8 Å². The minimum absolute atomic E-state index is 0.0823. The molecule has 0 N–H and O–H groups in total. The summed E-state index contributed by atoms with van der Waals surface area (Å²) in [6, 6.07) is 4.76. The van der Waals surface area contributed by atoms with E-state index in [-0.39, 0.29) is 22.5 Å². The molecule has 0 saturated heterocycles. The summed E-state index contributed by atoms with van der Waals surface area (Å²) in [6.45, 7) is 0. The Morgan fingerprint density at radius 2 is 1.60 bits per heavy atom. The van der Waals surface area contributed by atoms with E-state index in [1.807, 2.05) is 0 Å². The molecule has 3 aromatic heterocycles. The van der Waals surface area contributed by atoms with Crippen LogP contribution in [0.5, 0.6) is 0 Å². The maximum absolute atomic E-state index is 13.6. The molecule has 0 bridgehead atoms. The highest BCUT2D eigenvalue weighted by atomic mass is 32.1. The van der Waals surface area contributed by atoms with Crippen molar-refractivity contribution in [3.05, 3.63) is 76.1 Å². The van der Waals surface area contributed by atoms with Gasteiger partial charge < -0.3 is 0 Å². The second-order valence-corrected chi connectivity index (χ2v) is 7.03. The number of halogens is 6. The van der Waals surface area contributed by atoms with Crippen LogP contribution in [0.1, 0.15) is 21.8 Å². The first-order valence-corrected chi connectivity index (χ1v) is 9.18. The van der Waals surface area contributed by atoms with Crippen LogP contribution in [0.25, 0.3) is 16.8 Å². The summed E-state index contributed by atoms with van der Waals surface area (Å²) in [6.07, 6.45) is -5.13. The number of nitrogens with zero attached hydrogens (tertiary/aromatic N) is 3. The van der Waals surface area contributed by atoms with Crippen molar-refractivity contribution in [2.24, 2.45) is 0 Å². The van der Waals surface area contributed by atoms with Crippen molar-refractivity contribution in [1.29, 1.82) is 0 Å². The van der Waals surface area contributed by atoms with Gasteiger partial charge in [-0.3, -0.25) is 4.40 Å². The Morgan fingerprint density at radius 1 is 0.867 bits per heavy atom. The Kier molecular flexibility index (Phi) is 4.78. The lowest BCUT2D eigenvalue weighted by atomic mass is 10.0. The average Bonchev–Trinajstić information content (AvgIpc) is 3.34. The third-order valence-electron chi connectivity index (χ3n) is 4.19. The van der Waals surface area contributed by atoms with Crippen molar-refractivity contribution >= 4 is 17.0 Å². The Hall–Kier alpha value is -3.32. The van der Waals surface area contributed by atoms with E-state index in [0.29, 0.717) is 5.01 Å². The number of hydrogen-bond donors (Lipinski definition) is 0. The van der Waals surface area contributed by atoms with Crippen LogP contribution in [0.4, 0.5) is 26.3 Å². The van der Waals surface area contributed by atoms with Gasteiger partial charge in [0.1, 0.15) is 11.3 Å². The number of fused-ring (bicyclic) bond motifs is 1. The highest BCUT2D eigenvalue weighted by molar-refractivity contribution is 7.10. The molecule has 0 atom stereocenters. The summed E-state index contributed by atoms with van der Waals surface area (Å²) in [5, 5.41) is 2.20. The summed E-state index contributed by atoms with van der Waals surface area (Å²) in [7, 11) is 0. The number of thiazole rings is 1. The largest absolute Gasteiger partial charge is 0.420 e. The molecule has 0 aliphatic carbocycles. The van der Waals surface area contributed by atoms with Crippen LogP contribution < -0.4 is 0 Å². The number of alkyl halides is 6. The molecule has 0 radical (unpaired) electrons. The molecular formula is C20H9F6N3S. The molecule has 0 fully saturated rings. The average molecular weight is 437 g/mol. The van der Waals surface area contributed by atoms with E-state index in [4.69, 9.17) is 0 Å². The van der Waals surface area contributed by atoms with Gasteiger partial charge >= 0.3 is 12.4 Å². The van der Waals surface area contributed by atoms with Crippen molar-refractivity contribution in [2.45, 2.75) is 12.4 Å². The molecule has 0 unspecified atom stereocenters. The van der Waals surface area contributed by atoms with Crippen LogP contribution in [0.2, 0.25) is 0 Å². The number of pyridine rings is 1. The van der Waals surface area contributed by atoms with Gasteiger partial charge in [0.05, 0.1) is 17.3 Å². The molecular weight excluding hydrogens is 428 g/mol. The monoisotopic (exact) mass is 437 g/mol. The zero-order valence-corrected chi connectivity index (χ0v) is 15.5. The lowest BCUT2D eigenvalue weighted by Gasteiger charge is -2.12. The Morgan fingerprint density at radius 3 is 2.20 bits per heavy atom. The zero-order valence-electron chi connectivity index (χ0n) is 14.7. The van der Waals surface area contributed by atoms with Gasteiger partial charge in [-0.05, 0) is 41.2 Å². The number of imidazole rings is 1. The number of aromatic nitrogens is 3. The molecule has 1 aromatic carbocycles. The molecule has 4 aromatic rings. The number of hydrogen-bond acceptors (Lipinski definition) is 3. The normalized spacial score (nSPS) is 12.1.